The molecular weight excluding hydrogens is 613 g/mol. The number of fused-ring (bicyclic) bond motifs is 1. The normalized spacial score (nSPS) is 29.4. The minimum atomic E-state index is -3.57. The van der Waals surface area contributed by atoms with Gasteiger partial charge in [-0.25, -0.2) is 8.42 Å². The number of hydrogen-bond donors (Lipinski definition) is 0. The van der Waals surface area contributed by atoms with E-state index in [9.17, 15) is 8.42 Å². The zero-order valence-corrected chi connectivity index (χ0v) is 34.0. The summed E-state index contributed by atoms with van der Waals surface area (Å²) in [6, 6.07) is 9.16. The summed E-state index contributed by atoms with van der Waals surface area (Å²) in [6.07, 6.45) is 12.7. The minimum Gasteiger partial charge on any atom is -0.413 e. The van der Waals surface area contributed by atoms with Gasteiger partial charge in [0.1, 0.15) is 0 Å². The van der Waals surface area contributed by atoms with Crippen LogP contribution in [0.4, 0.5) is 0 Å². The van der Waals surface area contributed by atoms with E-state index in [2.05, 4.69) is 95.0 Å². The predicted molar refractivity (Wildman–Crippen MR) is 204 cm³/mol. The first-order valence-electron chi connectivity index (χ1n) is 18.5. The molecule has 5 heteroatoms. The van der Waals surface area contributed by atoms with Crippen LogP contribution in [0.2, 0.25) is 18.1 Å². The second-order valence-electron chi connectivity index (χ2n) is 19.0. The summed E-state index contributed by atoms with van der Waals surface area (Å²) < 4.78 is 35.9. The van der Waals surface area contributed by atoms with Crippen molar-refractivity contribution >= 4 is 18.2 Å². The standard InChI is InChI=1S/C42H68O3SSi/c1-30(19-21-36-32(3)20-22-38(41(36,9)10)45-47(12,13)39(4,5)6)27-34(46(43,44)33-17-15-14-16-18-33)28-35-31(2)23-24-42(11)26-25-40(7,8)29-37(35)42/h14-18,27,34,36-38H,3,19-26,28-29H2,1-2,4-13H3/b30-27+/t34?,36-,37+,38+,42+/m1/s1. The number of sulfone groups is 1. The average molecular weight is 681 g/mol. The van der Waals surface area contributed by atoms with Crippen LogP contribution in [0.25, 0.3) is 0 Å². The van der Waals surface area contributed by atoms with Gasteiger partial charge in [0.2, 0.25) is 0 Å². The van der Waals surface area contributed by atoms with Gasteiger partial charge in [0.15, 0.2) is 18.2 Å². The van der Waals surface area contributed by atoms with Crippen LogP contribution in [-0.2, 0) is 14.3 Å². The van der Waals surface area contributed by atoms with Gasteiger partial charge in [-0.1, -0.05) is 109 Å². The van der Waals surface area contributed by atoms with Crippen molar-refractivity contribution in [3.8, 4) is 0 Å². The van der Waals surface area contributed by atoms with Crippen LogP contribution in [0.5, 0.6) is 0 Å². The molecule has 0 aromatic heterocycles. The van der Waals surface area contributed by atoms with Crippen molar-refractivity contribution in [2.24, 2.45) is 28.1 Å². The molecule has 0 amide bonds. The van der Waals surface area contributed by atoms with Gasteiger partial charge >= 0.3 is 0 Å². The van der Waals surface area contributed by atoms with E-state index in [-0.39, 0.29) is 27.4 Å². The lowest BCUT2D eigenvalue weighted by atomic mass is 9.53. The van der Waals surface area contributed by atoms with Crippen molar-refractivity contribution in [2.75, 3.05) is 0 Å². The fourth-order valence-corrected chi connectivity index (χ4v) is 11.9. The van der Waals surface area contributed by atoms with E-state index >= 15 is 0 Å². The van der Waals surface area contributed by atoms with Crippen molar-refractivity contribution in [2.45, 2.75) is 168 Å². The molecule has 264 valence electrons. The fourth-order valence-electron chi connectivity index (χ4n) is 8.75. The van der Waals surface area contributed by atoms with Crippen LogP contribution in [-0.4, -0.2) is 28.1 Å². The molecule has 3 aliphatic carbocycles. The molecule has 0 saturated heterocycles. The third kappa shape index (κ3) is 8.31. The van der Waals surface area contributed by atoms with Crippen molar-refractivity contribution in [3.05, 3.63) is 65.3 Å². The lowest BCUT2D eigenvalue weighted by Gasteiger charge is -2.52. The highest BCUT2D eigenvalue weighted by Gasteiger charge is 2.49. The Morgan fingerprint density at radius 3 is 2.30 bits per heavy atom. The molecule has 0 spiro atoms. The third-order valence-electron chi connectivity index (χ3n) is 13.4. The highest BCUT2D eigenvalue weighted by Crippen LogP contribution is 2.58. The quantitative estimate of drug-likeness (QED) is 0.182. The first kappa shape index (κ1) is 38.4. The molecule has 3 aliphatic rings. The molecule has 4 rings (SSSR count). The fraction of sp³-hybridized carbons (Fsp3) is 0.714. The van der Waals surface area contributed by atoms with Gasteiger partial charge in [0, 0.05) is 0 Å². The summed E-state index contributed by atoms with van der Waals surface area (Å²) in [5, 5.41) is -0.401. The zero-order valence-electron chi connectivity index (χ0n) is 32.2. The summed E-state index contributed by atoms with van der Waals surface area (Å²) in [6.45, 7) is 32.7. The Balaban J connectivity index is 1.63. The Hall–Kier alpha value is -1.43. The highest BCUT2D eigenvalue weighted by molar-refractivity contribution is 7.92. The minimum absolute atomic E-state index is 0.0249. The van der Waals surface area contributed by atoms with Gasteiger partial charge in [0.05, 0.1) is 16.2 Å². The third-order valence-corrected chi connectivity index (χ3v) is 19.9. The van der Waals surface area contributed by atoms with Crippen molar-refractivity contribution in [1.82, 2.24) is 0 Å². The first-order chi connectivity index (χ1) is 21.5. The van der Waals surface area contributed by atoms with E-state index in [0.717, 1.165) is 38.5 Å². The Morgan fingerprint density at radius 1 is 1.04 bits per heavy atom. The summed E-state index contributed by atoms with van der Waals surface area (Å²) in [4.78, 5) is 0.433. The number of hydrogen-bond acceptors (Lipinski definition) is 3. The molecule has 1 aromatic rings. The molecule has 0 bridgehead atoms. The van der Waals surface area contributed by atoms with E-state index in [1.54, 1.807) is 12.1 Å². The van der Waals surface area contributed by atoms with Gasteiger partial charge in [0.25, 0.3) is 0 Å². The first-order valence-corrected chi connectivity index (χ1v) is 23.0. The largest absolute Gasteiger partial charge is 0.413 e. The molecule has 0 N–H and O–H groups in total. The lowest BCUT2D eigenvalue weighted by molar-refractivity contribution is 0.000278. The van der Waals surface area contributed by atoms with Crippen LogP contribution in [0, 0.1) is 28.1 Å². The van der Waals surface area contributed by atoms with Crippen molar-refractivity contribution in [3.63, 3.8) is 0 Å². The van der Waals surface area contributed by atoms with Gasteiger partial charge in [-0.2, -0.15) is 0 Å². The molecule has 0 heterocycles. The van der Waals surface area contributed by atoms with E-state index in [4.69, 9.17) is 4.43 Å². The van der Waals surface area contributed by atoms with Crippen LogP contribution < -0.4 is 0 Å². The SMILES string of the molecule is C=C1CC[C@H](O[Si](C)(C)C(C)(C)C)C(C)(C)[C@@H]1CC/C(C)=C/C(CC1=C(C)CC[C@@]2(C)CCC(C)(C)C[C@@H]12)S(=O)(=O)c1ccccc1. The molecule has 47 heavy (non-hydrogen) atoms. The Labute approximate surface area is 291 Å². The Bertz CT molecular complexity index is 1460. The maximum absolute atomic E-state index is 14.4. The molecule has 5 atom stereocenters. The Morgan fingerprint density at radius 2 is 1.68 bits per heavy atom. The van der Waals surface area contributed by atoms with Gasteiger partial charge in [-0.15, -0.1) is 0 Å². The second kappa shape index (κ2) is 13.7. The van der Waals surface area contributed by atoms with E-state index in [0.29, 0.717) is 23.2 Å². The average Bonchev–Trinajstić information content (AvgIpc) is 2.96. The summed E-state index contributed by atoms with van der Waals surface area (Å²) in [7, 11) is -5.49. The van der Waals surface area contributed by atoms with Crippen molar-refractivity contribution in [1.29, 1.82) is 0 Å². The van der Waals surface area contributed by atoms with Crippen LogP contribution in [0.15, 0.2) is 70.2 Å². The summed E-state index contributed by atoms with van der Waals surface area (Å²) >= 11 is 0. The maximum Gasteiger partial charge on any atom is 0.192 e. The molecule has 1 aromatic carbocycles. The van der Waals surface area contributed by atoms with Crippen LogP contribution in [0.1, 0.15) is 133 Å². The number of allylic oxidation sites excluding steroid dienone is 4. The molecular formula is C42H68O3SSi. The van der Waals surface area contributed by atoms with Crippen LogP contribution >= 0.6 is 0 Å². The van der Waals surface area contributed by atoms with E-state index in [1.807, 2.05) is 18.2 Å². The zero-order chi connectivity index (χ0) is 35.2. The maximum atomic E-state index is 14.4. The Kier molecular flexibility index (Phi) is 11.2. The summed E-state index contributed by atoms with van der Waals surface area (Å²) in [5.74, 6) is 0.790. The molecule has 0 aliphatic heterocycles. The smallest absolute Gasteiger partial charge is 0.192 e. The van der Waals surface area contributed by atoms with Gasteiger partial charge in [-0.05, 0) is 136 Å². The highest BCUT2D eigenvalue weighted by atomic mass is 32.2. The van der Waals surface area contributed by atoms with Crippen LogP contribution in [0.3, 0.4) is 0 Å². The lowest BCUT2D eigenvalue weighted by Crippen LogP contribution is -2.51. The number of benzene rings is 1. The van der Waals surface area contributed by atoms with Gasteiger partial charge < -0.3 is 4.43 Å². The van der Waals surface area contributed by atoms with Gasteiger partial charge in [-0.3, -0.25) is 0 Å². The topological polar surface area (TPSA) is 43.4 Å². The summed E-state index contributed by atoms with van der Waals surface area (Å²) in [5.41, 5.74) is 5.88. The predicted octanol–water partition coefficient (Wildman–Crippen LogP) is 12.3. The monoisotopic (exact) mass is 680 g/mol. The molecule has 2 saturated carbocycles. The second-order valence-corrected chi connectivity index (χ2v) is 25.9. The molecule has 2 fully saturated rings. The molecule has 3 nitrogen and oxygen atoms in total. The molecule has 0 radical (unpaired) electrons. The number of rotatable bonds is 10. The van der Waals surface area contributed by atoms with E-state index < -0.39 is 23.4 Å². The van der Waals surface area contributed by atoms with Crippen molar-refractivity contribution < 1.29 is 12.8 Å². The molecule has 1 unspecified atom stereocenters. The van der Waals surface area contributed by atoms with E-state index in [1.165, 1.54) is 41.6 Å².